The van der Waals surface area contributed by atoms with Gasteiger partial charge in [0.2, 0.25) is 0 Å². The van der Waals surface area contributed by atoms with Crippen molar-refractivity contribution >= 4 is 27.1 Å². The molecule has 3 N–H and O–H groups in total. The number of amides is 1. The van der Waals surface area contributed by atoms with E-state index in [1.54, 1.807) is 36.4 Å². The molecule has 110 valence electrons. The van der Waals surface area contributed by atoms with Crippen LogP contribution in [0.15, 0.2) is 47.4 Å². The first kappa shape index (κ1) is 15.1. The number of nitrogen functional groups attached to an aromatic ring is 1. The molecule has 0 saturated heterocycles. The second kappa shape index (κ2) is 5.57. The van der Waals surface area contributed by atoms with E-state index in [0.29, 0.717) is 11.3 Å². The minimum Gasteiger partial charge on any atom is -0.398 e. The summed E-state index contributed by atoms with van der Waals surface area (Å²) >= 11 is 0. The summed E-state index contributed by atoms with van der Waals surface area (Å²) in [4.78, 5) is 12.3. The average molecular weight is 304 g/mol. The Balaban J connectivity index is 2.34. The number of nitrogens with two attached hydrogens (primary N) is 1. The number of carbonyl (C=O) groups excluding carboxylic acids is 1. The molecule has 2 aromatic rings. The van der Waals surface area contributed by atoms with Crippen molar-refractivity contribution in [1.82, 2.24) is 0 Å². The van der Waals surface area contributed by atoms with E-state index in [1.807, 2.05) is 6.92 Å². The van der Waals surface area contributed by atoms with Crippen LogP contribution in [-0.4, -0.2) is 20.6 Å². The molecule has 2 aromatic carbocycles. The van der Waals surface area contributed by atoms with Crippen molar-refractivity contribution in [3.8, 4) is 0 Å². The molecule has 5 nitrogen and oxygen atoms in total. The van der Waals surface area contributed by atoms with Gasteiger partial charge in [-0.1, -0.05) is 18.2 Å². The van der Waals surface area contributed by atoms with E-state index >= 15 is 0 Å². The van der Waals surface area contributed by atoms with Gasteiger partial charge < -0.3 is 11.1 Å². The maximum atomic E-state index is 12.2. The fourth-order valence-electron chi connectivity index (χ4n) is 1.87. The second-order valence-electron chi connectivity index (χ2n) is 4.79. The van der Waals surface area contributed by atoms with Crippen LogP contribution in [0.3, 0.4) is 0 Å². The van der Waals surface area contributed by atoms with Gasteiger partial charge in [0, 0.05) is 17.5 Å². The number of carbonyl (C=O) groups is 1. The standard InChI is InChI=1S/C15H16N2O3S/c1-10-7-8-11(9-12(10)16)15(18)17-13-5-3-4-6-14(13)21(2,19)20/h3-9H,16H2,1-2H3,(H,17,18). The normalized spacial score (nSPS) is 11.1. The van der Waals surface area contributed by atoms with Crippen LogP contribution in [0.1, 0.15) is 15.9 Å². The van der Waals surface area contributed by atoms with Crippen LogP contribution in [-0.2, 0) is 9.84 Å². The first-order valence-electron chi connectivity index (χ1n) is 6.25. The summed E-state index contributed by atoms with van der Waals surface area (Å²) in [6, 6.07) is 11.2. The van der Waals surface area contributed by atoms with Crippen molar-refractivity contribution in [2.75, 3.05) is 17.3 Å². The Kier molecular flexibility index (Phi) is 3.99. The van der Waals surface area contributed by atoms with Crippen LogP contribution in [0.4, 0.5) is 11.4 Å². The predicted octanol–water partition coefficient (Wildman–Crippen LogP) is 2.23. The molecular formula is C15H16N2O3S. The van der Waals surface area contributed by atoms with Crippen LogP contribution < -0.4 is 11.1 Å². The van der Waals surface area contributed by atoms with E-state index in [9.17, 15) is 13.2 Å². The lowest BCUT2D eigenvalue weighted by atomic mass is 10.1. The van der Waals surface area contributed by atoms with Crippen LogP contribution in [0.2, 0.25) is 0 Å². The lowest BCUT2D eigenvalue weighted by Gasteiger charge is -2.10. The summed E-state index contributed by atoms with van der Waals surface area (Å²) in [6.07, 6.45) is 1.10. The minimum absolute atomic E-state index is 0.0819. The highest BCUT2D eigenvalue weighted by molar-refractivity contribution is 7.90. The van der Waals surface area contributed by atoms with E-state index in [2.05, 4.69) is 5.32 Å². The summed E-state index contributed by atoms with van der Waals surface area (Å²) in [5.74, 6) is -0.405. The summed E-state index contributed by atoms with van der Waals surface area (Å²) in [5.41, 5.74) is 7.80. The molecule has 0 unspecified atom stereocenters. The number of aryl methyl sites for hydroxylation is 1. The molecular weight excluding hydrogens is 288 g/mol. The fraction of sp³-hybridized carbons (Fsp3) is 0.133. The highest BCUT2D eigenvalue weighted by Crippen LogP contribution is 2.22. The van der Waals surface area contributed by atoms with Crippen molar-refractivity contribution < 1.29 is 13.2 Å². The molecule has 2 rings (SSSR count). The number of nitrogens with one attached hydrogen (secondary N) is 1. The molecule has 0 radical (unpaired) electrons. The van der Waals surface area contributed by atoms with Gasteiger partial charge in [-0.25, -0.2) is 8.42 Å². The summed E-state index contributed by atoms with van der Waals surface area (Å²) < 4.78 is 23.4. The van der Waals surface area contributed by atoms with Crippen LogP contribution >= 0.6 is 0 Å². The molecule has 0 saturated carbocycles. The van der Waals surface area contributed by atoms with Crippen molar-refractivity contribution in [2.24, 2.45) is 0 Å². The molecule has 0 fully saturated rings. The Hall–Kier alpha value is -2.34. The lowest BCUT2D eigenvalue weighted by molar-refractivity contribution is 0.102. The van der Waals surface area contributed by atoms with Gasteiger partial charge in [-0.15, -0.1) is 0 Å². The van der Waals surface area contributed by atoms with Gasteiger partial charge in [-0.05, 0) is 36.8 Å². The molecule has 6 heteroatoms. The van der Waals surface area contributed by atoms with Crippen LogP contribution in [0.25, 0.3) is 0 Å². The molecule has 0 aliphatic heterocycles. The number of benzene rings is 2. The predicted molar refractivity (Wildman–Crippen MR) is 83.1 cm³/mol. The monoisotopic (exact) mass is 304 g/mol. The van der Waals surface area contributed by atoms with E-state index in [0.717, 1.165) is 11.8 Å². The Morgan fingerprint density at radius 2 is 1.81 bits per heavy atom. The van der Waals surface area contributed by atoms with E-state index in [4.69, 9.17) is 5.73 Å². The molecule has 0 spiro atoms. The lowest BCUT2D eigenvalue weighted by Crippen LogP contribution is -2.15. The zero-order valence-corrected chi connectivity index (χ0v) is 12.6. The molecule has 0 aliphatic rings. The van der Waals surface area contributed by atoms with Crippen molar-refractivity contribution in [2.45, 2.75) is 11.8 Å². The second-order valence-corrected chi connectivity index (χ2v) is 6.78. The number of hydrogen-bond acceptors (Lipinski definition) is 4. The molecule has 1 amide bonds. The van der Waals surface area contributed by atoms with Gasteiger partial charge in [0.15, 0.2) is 9.84 Å². The van der Waals surface area contributed by atoms with Gasteiger partial charge in [-0.3, -0.25) is 4.79 Å². The highest BCUT2D eigenvalue weighted by atomic mass is 32.2. The summed E-state index contributed by atoms with van der Waals surface area (Å²) in [7, 11) is -3.42. The first-order chi connectivity index (χ1) is 9.79. The first-order valence-corrected chi connectivity index (χ1v) is 8.15. The quantitative estimate of drug-likeness (QED) is 0.851. The van der Waals surface area contributed by atoms with Gasteiger partial charge >= 0.3 is 0 Å². The van der Waals surface area contributed by atoms with Gasteiger partial charge in [-0.2, -0.15) is 0 Å². The molecule has 0 bridgehead atoms. The van der Waals surface area contributed by atoms with Crippen LogP contribution in [0.5, 0.6) is 0 Å². The van der Waals surface area contributed by atoms with E-state index in [1.165, 1.54) is 6.07 Å². The van der Waals surface area contributed by atoms with Crippen LogP contribution in [0, 0.1) is 6.92 Å². The number of hydrogen-bond donors (Lipinski definition) is 2. The Labute approximate surface area is 123 Å². The third-order valence-electron chi connectivity index (χ3n) is 3.08. The molecule has 0 atom stereocenters. The third kappa shape index (κ3) is 3.41. The largest absolute Gasteiger partial charge is 0.398 e. The summed E-state index contributed by atoms with van der Waals surface area (Å²) in [5, 5.41) is 2.61. The van der Waals surface area contributed by atoms with Gasteiger partial charge in [0.05, 0.1) is 10.6 Å². The smallest absolute Gasteiger partial charge is 0.255 e. The number of para-hydroxylation sites is 1. The van der Waals surface area contributed by atoms with E-state index < -0.39 is 15.7 Å². The third-order valence-corrected chi connectivity index (χ3v) is 4.23. The topological polar surface area (TPSA) is 89.3 Å². The van der Waals surface area contributed by atoms with Crippen molar-refractivity contribution in [1.29, 1.82) is 0 Å². The maximum absolute atomic E-state index is 12.2. The minimum atomic E-state index is -3.42. The Morgan fingerprint density at radius 3 is 2.43 bits per heavy atom. The van der Waals surface area contributed by atoms with Gasteiger partial charge in [0.25, 0.3) is 5.91 Å². The zero-order valence-electron chi connectivity index (χ0n) is 11.8. The number of rotatable bonds is 3. The van der Waals surface area contributed by atoms with Crippen molar-refractivity contribution in [3.05, 3.63) is 53.6 Å². The van der Waals surface area contributed by atoms with Gasteiger partial charge in [0.1, 0.15) is 0 Å². The zero-order chi connectivity index (χ0) is 15.6. The Bertz CT molecular complexity index is 798. The fourth-order valence-corrected chi connectivity index (χ4v) is 2.71. The summed E-state index contributed by atoms with van der Waals surface area (Å²) in [6.45, 7) is 1.84. The average Bonchev–Trinajstić information content (AvgIpc) is 2.41. The number of sulfone groups is 1. The number of anilines is 2. The highest BCUT2D eigenvalue weighted by Gasteiger charge is 2.15. The molecule has 21 heavy (non-hydrogen) atoms. The SMILES string of the molecule is Cc1ccc(C(=O)Nc2ccccc2S(C)(=O)=O)cc1N. The molecule has 0 aromatic heterocycles. The van der Waals surface area contributed by atoms with E-state index in [-0.39, 0.29) is 10.6 Å². The van der Waals surface area contributed by atoms with Crippen molar-refractivity contribution in [3.63, 3.8) is 0 Å². The molecule has 0 heterocycles. The molecule has 0 aliphatic carbocycles. The Morgan fingerprint density at radius 1 is 1.14 bits per heavy atom. The maximum Gasteiger partial charge on any atom is 0.255 e.